The summed E-state index contributed by atoms with van der Waals surface area (Å²) in [6.07, 6.45) is 2.07. The van der Waals surface area contributed by atoms with Crippen molar-refractivity contribution in [1.82, 2.24) is 4.98 Å². The summed E-state index contributed by atoms with van der Waals surface area (Å²) in [6.45, 7) is 0.190. The van der Waals surface area contributed by atoms with Gasteiger partial charge in [-0.25, -0.2) is 0 Å². The molecule has 5 heteroatoms. The van der Waals surface area contributed by atoms with E-state index in [1.807, 2.05) is 36.4 Å². The Hall–Kier alpha value is -3.08. The number of esters is 1. The minimum absolute atomic E-state index is 0.0938. The first-order valence-electron chi connectivity index (χ1n) is 7.77. The topological polar surface area (TPSA) is 57.7 Å². The number of aromatic nitrogens is 1. The maximum atomic E-state index is 12.1. The Kier molecular flexibility index (Phi) is 2.76. The Bertz CT molecular complexity index is 977. The van der Waals surface area contributed by atoms with Gasteiger partial charge in [-0.1, -0.05) is 18.2 Å². The normalized spacial score (nSPS) is 18.3. The van der Waals surface area contributed by atoms with E-state index in [2.05, 4.69) is 4.98 Å². The Balaban J connectivity index is 1.73. The van der Waals surface area contributed by atoms with Gasteiger partial charge >= 0.3 is 5.97 Å². The highest BCUT2D eigenvalue weighted by atomic mass is 16.7. The molecule has 0 amide bonds. The smallest absolute Gasteiger partial charge is 0.312 e. The maximum absolute atomic E-state index is 12.1. The van der Waals surface area contributed by atoms with Gasteiger partial charge in [0.15, 0.2) is 11.5 Å². The molecule has 2 aromatic carbocycles. The number of nitrogens with zero attached hydrogens (tertiary/aromatic N) is 1. The predicted molar refractivity (Wildman–Crippen MR) is 86.4 cm³/mol. The average molecular weight is 319 g/mol. The van der Waals surface area contributed by atoms with Crippen LogP contribution < -0.4 is 14.2 Å². The molecular weight excluding hydrogens is 306 g/mol. The molecule has 3 aromatic rings. The third kappa shape index (κ3) is 1.94. The van der Waals surface area contributed by atoms with Crippen molar-refractivity contribution in [3.63, 3.8) is 0 Å². The number of carbonyl (C=O) groups is 1. The lowest BCUT2D eigenvalue weighted by atomic mass is 9.84. The molecule has 0 N–H and O–H groups in total. The van der Waals surface area contributed by atoms with Crippen LogP contribution in [0.4, 0.5) is 0 Å². The van der Waals surface area contributed by atoms with Gasteiger partial charge in [-0.15, -0.1) is 0 Å². The third-order valence-corrected chi connectivity index (χ3v) is 4.53. The van der Waals surface area contributed by atoms with E-state index in [-0.39, 0.29) is 18.7 Å². The van der Waals surface area contributed by atoms with E-state index in [0.717, 1.165) is 22.0 Å². The van der Waals surface area contributed by atoms with Crippen LogP contribution in [0.2, 0.25) is 0 Å². The van der Waals surface area contributed by atoms with Crippen LogP contribution in [0.15, 0.2) is 48.7 Å². The summed E-state index contributed by atoms with van der Waals surface area (Å²) in [6, 6.07) is 13.6. The fourth-order valence-corrected chi connectivity index (χ4v) is 3.44. The monoisotopic (exact) mass is 319 g/mol. The fourth-order valence-electron chi connectivity index (χ4n) is 3.44. The molecule has 2 aliphatic rings. The zero-order valence-corrected chi connectivity index (χ0v) is 12.7. The highest BCUT2D eigenvalue weighted by Gasteiger charge is 2.32. The molecule has 2 aliphatic heterocycles. The van der Waals surface area contributed by atoms with E-state index >= 15 is 0 Å². The van der Waals surface area contributed by atoms with Crippen molar-refractivity contribution in [2.75, 3.05) is 6.79 Å². The van der Waals surface area contributed by atoms with Crippen molar-refractivity contribution in [2.45, 2.75) is 12.3 Å². The molecule has 5 rings (SSSR count). The predicted octanol–water partition coefficient (Wildman–Crippen LogP) is 3.40. The Morgan fingerprint density at radius 3 is 2.71 bits per heavy atom. The van der Waals surface area contributed by atoms with Gasteiger partial charge in [0.05, 0.1) is 11.9 Å². The second kappa shape index (κ2) is 4.96. The number of para-hydroxylation sites is 1. The summed E-state index contributed by atoms with van der Waals surface area (Å²) in [5.74, 6) is 1.51. The molecule has 24 heavy (non-hydrogen) atoms. The quantitative estimate of drug-likeness (QED) is 0.508. The number of pyridine rings is 1. The van der Waals surface area contributed by atoms with Gasteiger partial charge in [-0.3, -0.25) is 9.78 Å². The zero-order valence-electron chi connectivity index (χ0n) is 12.7. The second-order valence-electron chi connectivity index (χ2n) is 5.89. The number of hydrogen-bond acceptors (Lipinski definition) is 5. The first-order valence-corrected chi connectivity index (χ1v) is 7.77. The number of rotatable bonds is 1. The van der Waals surface area contributed by atoms with Gasteiger partial charge < -0.3 is 14.2 Å². The number of fused-ring (bicyclic) bond motifs is 3. The van der Waals surface area contributed by atoms with Gasteiger partial charge in [0.2, 0.25) is 6.79 Å². The molecule has 3 heterocycles. The van der Waals surface area contributed by atoms with Crippen LogP contribution in [0.5, 0.6) is 17.2 Å². The van der Waals surface area contributed by atoms with Crippen LogP contribution >= 0.6 is 0 Å². The number of benzene rings is 2. The van der Waals surface area contributed by atoms with Gasteiger partial charge in [0, 0.05) is 29.1 Å². The fraction of sp³-hybridized carbons (Fsp3) is 0.158. The van der Waals surface area contributed by atoms with Crippen LogP contribution in [0.3, 0.4) is 0 Å². The van der Waals surface area contributed by atoms with Crippen molar-refractivity contribution in [2.24, 2.45) is 0 Å². The lowest BCUT2D eigenvalue weighted by Crippen LogP contribution is -2.21. The highest BCUT2D eigenvalue weighted by Crippen LogP contribution is 2.46. The lowest BCUT2D eigenvalue weighted by molar-refractivity contribution is -0.135. The average Bonchev–Trinajstić information content (AvgIpc) is 3.06. The van der Waals surface area contributed by atoms with Gasteiger partial charge in [-0.05, 0) is 23.8 Å². The third-order valence-electron chi connectivity index (χ3n) is 4.53. The summed E-state index contributed by atoms with van der Waals surface area (Å²) >= 11 is 0. The first-order chi connectivity index (χ1) is 11.8. The molecule has 0 bridgehead atoms. The summed E-state index contributed by atoms with van der Waals surface area (Å²) in [5, 5.41) is 1.04. The van der Waals surface area contributed by atoms with Crippen LogP contribution in [0.25, 0.3) is 10.9 Å². The summed E-state index contributed by atoms with van der Waals surface area (Å²) in [7, 11) is 0. The molecule has 0 saturated heterocycles. The molecule has 0 spiro atoms. The lowest BCUT2D eigenvalue weighted by Gasteiger charge is -2.26. The Labute approximate surface area is 137 Å². The molecule has 0 aliphatic carbocycles. The van der Waals surface area contributed by atoms with Crippen molar-refractivity contribution in [3.05, 3.63) is 59.8 Å². The molecule has 0 saturated carbocycles. The second-order valence-corrected chi connectivity index (χ2v) is 5.89. The minimum Gasteiger partial charge on any atom is -0.454 e. The van der Waals surface area contributed by atoms with Crippen molar-refractivity contribution in [1.29, 1.82) is 0 Å². The van der Waals surface area contributed by atoms with Crippen LogP contribution in [0.1, 0.15) is 23.5 Å². The van der Waals surface area contributed by atoms with E-state index < -0.39 is 0 Å². The van der Waals surface area contributed by atoms with Crippen LogP contribution in [-0.2, 0) is 4.79 Å². The molecule has 0 radical (unpaired) electrons. The standard InChI is InChI=1S/C19H13NO4/c21-19-8-13(11-5-6-20-15-4-2-1-3-12(11)15)14-7-17-18(23-10-22-17)9-16(14)24-19/h1-7,9,13H,8,10H2. The molecule has 1 aromatic heterocycles. The number of carbonyl (C=O) groups excluding carboxylic acids is 1. The number of hydrogen-bond donors (Lipinski definition) is 0. The summed E-state index contributed by atoms with van der Waals surface area (Å²) < 4.78 is 16.3. The van der Waals surface area contributed by atoms with E-state index in [4.69, 9.17) is 14.2 Å². The molecule has 1 unspecified atom stereocenters. The summed E-state index contributed by atoms with van der Waals surface area (Å²) in [4.78, 5) is 16.5. The first kappa shape index (κ1) is 13.4. The molecule has 0 fully saturated rings. The Morgan fingerprint density at radius 2 is 1.79 bits per heavy atom. The SMILES string of the molecule is O=C1CC(c2ccnc3ccccc23)c2cc3c(cc2O1)OCO3. The largest absolute Gasteiger partial charge is 0.454 e. The maximum Gasteiger partial charge on any atom is 0.312 e. The van der Waals surface area contributed by atoms with Gasteiger partial charge in [0.1, 0.15) is 5.75 Å². The molecule has 1 atom stereocenters. The highest BCUT2D eigenvalue weighted by molar-refractivity contribution is 5.86. The summed E-state index contributed by atoms with van der Waals surface area (Å²) in [5.41, 5.74) is 2.92. The van der Waals surface area contributed by atoms with E-state index in [9.17, 15) is 4.79 Å². The number of ether oxygens (including phenoxy) is 3. The van der Waals surface area contributed by atoms with E-state index in [1.165, 1.54) is 0 Å². The van der Waals surface area contributed by atoms with Crippen molar-refractivity contribution < 1.29 is 19.0 Å². The molecule has 5 nitrogen and oxygen atoms in total. The van der Waals surface area contributed by atoms with Crippen LogP contribution in [0, 0.1) is 0 Å². The van der Waals surface area contributed by atoms with Crippen molar-refractivity contribution in [3.8, 4) is 17.2 Å². The Morgan fingerprint density at radius 1 is 0.958 bits per heavy atom. The van der Waals surface area contributed by atoms with Crippen LogP contribution in [-0.4, -0.2) is 17.7 Å². The van der Waals surface area contributed by atoms with E-state index in [1.54, 1.807) is 12.3 Å². The molecular formula is C19H13NO4. The van der Waals surface area contributed by atoms with Gasteiger partial charge in [0.25, 0.3) is 0 Å². The van der Waals surface area contributed by atoms with Crippen molar-refractivity contribution >= 4 is 16.9 Å². The molecule has 118 valence electrons. The zero-order chi connectivity index (χ0) is 16.1. The minimum atomic E-state index is -0.243. The van der Waals surface area contributed by atoms with Gasteiger partial charge in [-0.2, -0.15) is 0 Å². The van der Waals surface area contributed by atoms with E-state index in [0.29, 0.717) is 23.7 Å².